The van der Waals surface area contributed by atoms with Crippen LogP contribution in [0.2, 0.25) is 4.47 Å². The van der Waals surface area contributed by atoms with E-state index in [1.54, 1.807) is 4.90 Å². The Morgan fingerprint density at radius 1 is 1.56 bits per heavy atom. The Balaban J connectivity index is 1.96. The lowest BCUT2D eigenvalue weighted by Crippen LogP contribution is -2.24. The zero-order valence-corrected chi connectivity index (χ0v) is 11.0. The first kappa shape index (κ1) is 11.9. The quantitative estimate of drug-likeness (QED) is 0.919. The highest BCUT2D eigenvalue weighted by molar-refractivity contribution is 7.22. The van der Waals surface area contributed by atoms with Gasteiger partial charge in [-0.2, -0.15) is 0 Å². The van der Waals surface area contributed by atoms with Crippen molar-refractivity contribution in [3.8, 4) is 0 Å². The lowest BCUT2D eigenvalue weighted by atomic mass is 10.1. The number of fused-ring (bicyclic) bond motifs is 1. The van der Waals surface area contributed by atoms with Gasteiger partial charge in [0.2, 0.25) is 5.91 Å². The van der Waals surface area contributed by atoms with Crippen molar-refractivity contribution in [3.05, 3.63) is 22.7 Å². The van der Waals surface area contributed by atoms with Gasteiger partial charge in [-0.3, -0.25) is 4.79 Å². The van der Waals surface area contributed by atoms with Crippen LogP contribution in [0.25, 0.3) is 10.2 Å². The fourth-order valence-corrected chi connectivity index (χ4v) is 3.27. The number of hydrogen-bond donors (Lipinski definition) is 1. The molecule has 4 nitrogen and oxygen atoms in total. The molecule has 1 aliphatic heterocycles. The average Bonchev–Trinajstić information content (AvgIpc) is 2.89. The Bertz CT molecular complexity index is 613. The monoisotopic (exact) mass is 282 g/mol. The summed E-state index contributed by atoms with van der Waals surface area (Å²) < 4.78 is 1.47. The zero-order chi connectivity index (χ0) is 12.7. The third-order valence-corrected chi connectivity index (χ3v) is 4.24. The number of benzene rings is 1. The number of amides is 1. The second kappa shape index (κ2) is 4.50. The Hall–Kier alpha value is -1.17. The van der Waals surface area contributed by atoms with E-state index in [0.29, 0.717) is 17.4 Å². The highest BCUT2D eigenvalue weighted by atomic mass is 35.5. The van der Waals surface area contributed by atoms with Crippen LogP contribution in [0.3, 0.4) is 0 Å². The highest BCUT2D eigenvalue weighted by Gasteiger charge is 2.30. The molecular formula is C12H11ClN2O2S. The summed E-state index contributed by atoms with van der Waals surface area (Å²) >= 11 is 7.26. The lowest BCUT2D eigenvalue weighted by Gasteiger charge is -2.16. The molecule has 1 aliphatic rings. The van der Waals surface area contributed by atoms with Gasteiger partial charge >= 0.3 is 0 Å². The van der Waals surface area contributed by atoms with Gasteiger partial charge in [-0.1, -0.05) is 11.6 Å². The van der Waals surface area contributed by atoms with E-state index in [9.17, 15) is 4.79 Å². The fourth-order valence-electron chi connectivity index (χ4n) is 2.21. The van der Waals surface area contributed by atoms with E-state index in [1.807, 2.05) is 18.2 Å². The number of carbonyl (C=O) groups is 1. The van der Waals surface area contributed by atoms with E-state index in [-0.39, 0.29) is 18.4 Å². The van der Waals surface area contributed by atoms with Gasteiger partial charge in [0.15, 0.2) is 4.47 Å². The van der Waals surface area contributed by atoms with E-state index in [0.717, 1.165) is 15.9 Å². The van der Waals surface area contributed by atoms with Gasteiger partial charge in [0.25, 0.3) is 0 Å². The van der Waals surface area contributed by atoms with Crippen molar-refractivity contribution in [1.29, 1.82) is 0 Å². The van der Waals surface area contributed by atoms with Crippen LogP contribution in [0.4, 0.5) is 5.69 Å². The number of nitrogens with zero attached hydrogens (tertiary/aromatic N) is 2. The van der Waals surface area contributed by atoms with Crippen LogP contribution in [-0.4, -0.2) is 29.1 Å². The number of aromatic nitrogens is 1. The van der Waals surface area contributed by atoms with E-state index in [2.05, 4.69) is 4.98 Å². The second-order valence-electron chi connectivity index (χ2n) is 4.38. The molecule has 1 atom stereocenters. The zero-order valence-electron chi connectivity index (χ0n) is 9.47. The second-order valence-corrected chi connectivity index (χ2v) is 5.99. The van der Waals surface area contributed by atoms with Crippen molar-refractivity contribution in [3.63, 3.8) is 0 Å². The fraction of sp³-hybridized carbons (Fsp3) is 0.333. The molecule has 0 bridgehead atoms. The van der Waals surface area contributed by atoms with Gasteiger partial charge in [-0.05, 0) is 18.2 Å². The van der Waals surface area contributed by atoms with Crippen molar-refractivity contribution >= 4 is 44.7 Å². The molecule has 1 amide bonds. The Kier molecular flexibility index (Phi) is 2.97. The van der Waals surface area contributed by atoms with Crippen LogP contribution in [0.15, 0.2) is 18.2 Å². The number of anilines is 1. The molecular weight excluding hydrogens is 272 g/mol. The van der Waals surface area contributed by atoms with E-state index < -0.39 is 0 Å². The summed E-state index contributed by atoms with van der Waals surface area (Å²) in [7, 11) is 0. The first-order valence-electron chi connectivity index (χ1n) is 5.64. The molecule has 3 rings (SSSR count). The van der Waals surface area contributed by atoms with Crippen LogP contribution in [0.1, 0.15) is 6.42 Å². The lowest BCUT2D eigenvalue weighted by molar-refractivity contribution is -0.117. The number of aliphatic hydroxyl groups is 1. The molecule has 2 aromatic rings. The van der Waals surface area contributed by atoms with Gasteiger partial charge < -0.3 is 10.0 Å². The number of aliphatic hydroxyl groups excluding tert-OH is 1. The molecule has 0 radical (unpaired) electrons. The first-order valence-corrected chi connectivity index (χ1v) is 6.84. The molecule has 1 aromatic carbocycles. The molecule has 1 N–H and O–H groups in total. The van der Waals surface area contributed by atoms with Crippen LogP contribution in [-0.2, 0) is 4.79 Å². The molecule has 1 aromatic heterocycles. The Morgan fingerprint density at radius 3 is 3.11 bits per heavy atom. The minimum atomic E-state index is 0.0400. The summed E-state index contributed by atoms with van der Waals surface area (Å²) in [5, 5.41) is 9.12. The van der Waals surface area contributed by atoms with E-state index >= 15 is 0 Å². The number of carbonyl (C=O) groups excluding carboxylic acids is 1. The number of rotatable bonds is 2. The van der Waals surface area contributed by atoms with Crippen molar-refractivity contribution < 1.29 is 9.90 Å². The predicted molar refractivity (Wildman–Crippen MR) is 72.2 cm³/mol. The van der Waals surface area contributed by atoms with Gasteiger partial charge in [-0.25, -0.2) is 4.98 Å². The van der Waals surface area contributed by atoms with Crippen molar-refractivity contribution in [1.82, 2.24) is 4.98 Å². The van der Waals surface area contributed by atoms with Crippen LogP contribution in [0, 0.1) is 5.92 Å². The number of thiazole rings is 1. The predicted octanol–water partition coefficient (Wildman–Crippen LogP) is 2.29. The summed E-state index contributed by atoms with van der Waals surface area (Å²) in [6, 6.07) is 5.67. The van der Waals surface area contributed by atoms with Gasteiger partial charge in [0, 0.05) is 31.2 Å². The molecule has 0 saturated carbocycles. The molecule has 1 fully saturated rings. The third-order valence-electron chi connectivity index (χ3n) is 3.12. The normalized spacial score (nSPS) is 20.0. The summed E-state index contributed by atoms with van der Waals surface area (Å²) in [4.78, 5) is 17.7. The van der Waals surface area contributed by atoms with Gasteiger partial charge in [0.05, 0.1) is 10.2 Å². The van der Waals surface area contributed by atoms with Crippen LogP contribution >= 0.6 is 22.9 Å². The molecule has 0 spiro atoms. The molecule has 1 unspecified atom stereocenters. The Morgan fingerprint density at radius 2 is 2.39 bits per heavy atom. The summed E-state index contributed by atoms with van der Waals surface area (Å²) in [6.07, 6.45) is 0.415. The summed E-state index contributed by atoms with van der Waals surface area (Å²) in [5.41, 5.74) is 1.70. The van der Waals surface area contributed by atoms with Crippen molar-refractivity contribution in [2.24, 2.45) is 5.92 Å². The maximum absolute atomic E-state index is 11.9. The molecule has 1 saturated heterocycles. The SMILES string of the molecule is O=C1CC(CO)CN1c1ccc2nc(Cl)sc2c1. The first-order chi connectivity index (χ1) is 8.67. The minimum absolute atomic E-state index is 0.0400. The molecule has 0 aliphatic carbocycles. The van der Waals surface area contributed by atoms with Crippen LogP contribution in [0.5, 0.6) is 0 Å². The van der Waals surface area contributed by atoms with Crippen molar-refractivity contribution in [2.45, 2.75) is 6.42 Å². The molecule has 6 heteroatoms. The van der Waals surface area contributed by atoms with Gasteiger partial charge in [0.1, 0.15) is 0 Å². The molecule has 2 heterocycles. The molecule has 94 valence electrons. The number of halogens is 1. The largest absolute Gasteiger partial charge is 0.396 e. The standard InChI is InChI=1S/C12H11ClN2O2S/c13-12-14-9-2-1-8(4-10(9)18-12)15-5-7(6-16)3-11(15)17/h1-2,4,7,16H,3,5-6H2. The maximum atomic E-state index is 11.9. The topological polar surface area (TPSA) is 53.4 Å². The summed E-state index contributed by atoms with van der Waals surface area (Å²) in [5.74, 6) is 0.0993. The smallest absolute Gasteiger partial charge is 0.227 e. The summed E-state index contributed by atoms with van der Waals surface area (Å²) in [6.45, 7) is 0.629. The van der Waals surface area contributed by atoms with E-state index in [1.165, 1.54) is 11.3 Å². The number of hydrogen-bond acceptors (Lipinski definition) is 4. The third kappa shape index (κ3) is 1.98. The minimum Gasteiger partial charge on any atom is -0.396 e. The van der Waals surface area contributed by atoms with Crippen LogP contribution < -0.4 is 4.90 Å². The Labute approximate surface area is 113 Å². The molecule has 18 heavy (non-hydrogen) atoms. The highest BCUT2D eigenvalue weighted by Crippen LogP contribution is 2.31. The maximum Gasteiger partial charge on any atom is 0.227 e. The average molecular weight is 283 g/mol. The van der Waals surface area contributed by atoms with Gasteiger partial charge in [-0.15, -0.1) is 11.3 Å². The van der Waals surface area contributed by atoms with Crippen molar-refractivity contribution in [2.75, 3.05) is 18.1 Å². The van der Waals surface area contributed by atoms with E-state index in [4.69, 9.17) is 16.7 Å².